The van der Waals surface area contributed by atoms with Crippen LogP contribution in [0.1, 0.15) is 142 Å². The summed E-state index contributed by atoms with van der Waals surface area (Å²) in [5.41, 5.74) is 0. The van der Waals surface area contributed by atoms with Crippen molar-refractivity contribution in [2.45, 2.75) is 142 Å². The van der Waals surface area contributed by atoms with Crippen LogP contribution >= 0.6 is 0 Å². The van der Waals surface area contributed by atoms with Crippen molar-refractivity contribution in [2.24, 2.45) is 0 Å². The Morgan fingerprint density at radius 3 is 1.53 bits per heavy atom. The van der Waals surface area contributed by atoms with E-state index in [0.717, 1.165) is 38.5 Å². The topological polar surface area (TPSA) is 43.4 Å². The van der Waals surface area contributed by atoms with Crippen LogP contribution in [0.3, 0.4) is 0 Å². The minimum Gasteiger partial charge on any atom is -0.469 e. The summed E-state index contributed by atoms with van der Waals surface area (Å²) in [5.74, 6) is 0.362. The second kappa shape index (κ2) is 24.2. The van der Waals surface area contributed by atoms with Crippen LogP contribution in [-0.2, 0) is 14.3 Å². The van der Waals surface area contributed by atoms with Gasteiger partial charge in [-0.25, -0.2) is 0 Å². The van der Waals surface area contributed by atoms with Gasteiger partial charge in [0, 0.05) is 19.3 Å². The zero-order valence-corrected chi connectivity index (χ0v) is 20.2. The van der Waals surface area contributed by atoms with Crippen molar-refractivity contribution in [1.82, 2.24) is 0 Å². The van der Waals surface area contributed by atoms with Gasteiger partial charge in [0.05, 0.1) is 7.11 Å². The molecule has 0 heterocycles. The normalized spacial score (nSPS) is 11.3. The molecule has 0 rings (SSSR count). The highest BCUT2D eigenvalue weighted by molar-refractivity contribution is 5.78. The minimum absolute atomic E-state index is 0.0810. The molecule has 0 saturated heterocycles. The van der Waals surface area contributed by atoms with Crippen LogP contribution in [0, 0.1) is 0 Å². The molecule has 0 aliphatic carbocycles. The second-order valence-electron chi connectivity index (χ2n) is 8.72. The Labute approximate surface area is 187 Å². The van der Waals surface area contributed by atoms with Gasteiger partial charge >= 0.3 is 5.97 Å². The summed E-state index contributed by atoms with van der Waals surface area (Å²) in [6.45, 7) is 2.23. The average Bonchev–Trinajstić information content (AvgIpc) is 2.75. The fourth-order valence-electron chi connectivity index (χ4n) is 3.76. The number of esters is 1. The van der Waals surface area contributed by atoms with Crippen molar-refractivity contribution in [3.63, 3.8) is 0 Å². The molecular weight excluding hydrogens is 372 g/mol. The molecule has 0 amide bonds. The number of Topliss-reactive ketones (excluding diaryl/α,β-unsaturated/α-hetero) is 1. The molecule has 0 aromatic carbocycles. The maximum Gasteiger partial charge on any atom is 0.305 e. The first-order valence-corrected chi connectivity index (χ1v) is 12.9. The highest BCUT2D eigenvalue weighted by Crippen LogP contribution is 2.14. The highest BCUT2D eigenvalue weighted by atomic mass is 16.5. The van der Waals surface area contributed by atoms with E-state index in [1.54, 1.807) is 0 Å². The molecular formula is C27H50O3. The first-order chi connectivity index (χ1) is 14.7. The molecule has 176 valence electrons. The molecule has 0 aromatic heterocycles. The molecule has 30 heavy (non-hydrogen) atoms. The smallest absolute Gasteiger partial charge is 0.305 e. The van der Waals surface area contributed by atoms with E-state index in [1.807, 2.05) is 0 Å². The Balaban J connectivity index is 3.20. The fourth-order valence-corrected chi connectivity index (χ4v) is 3.76. The van der Waals surface area contributed by atoms with Gasteiger partial charge in [0.25, 0.3) is 0 Å². The SMILES string of the molecule is CCCCC/C=C\CCC(=O)CCCCCCCCCCCCCCCC(=O)OC. The van der Waals surface area contributed by atoms with Crippen molar-refractivity contribution in [3.05, 3.63) is 12.2 Å². The van der Waals surface area contributed by atoms with E-state index in [2.05, 4.69) is 23.8 Å². The summed E-state index contributed by atoms with van der Waals surface area (Å²) in [5, 5.41) is 0. The summed E-state index contributed by atoms with van der Waals surface area (Å²) in [7, 11) is 1.46. The van der Waals surface area contributed by atoms with Crippen LogP contribution in [0.15, 0.2) is 12.2 Å². The summed E-state index contributed by atoms with van der Waals surface area (Å²) in [6, 6.07) is 0. The Morgan fingerprint density at radius 2 is 1.03 bits per heavy atom. The van der Waals surface area contributed by atoms with Gasteiger partial charge in [0.1, 0.15) is 5.78 Å². The Hall–Kier alpha value is -1.12. The summed E-state index contributed by atoms with van der Waals surface area (Å²) >= 11 is 0. The van der Waals surface area contributed by atoms with E-state index in [1.165, 1.54) is 97.0 Å². The summed E-state index contributed by atoms with van der Waals surface area (Å²) in [6.07, 6.45) is 28.7. The largest absolute Gasteiger partial charge is 0.469 e. The number of allylic oxidation sites excluding steroid dienone is 2. The van der Waals surface area contributed by atoms with Gasteiger partial charge in [-0.1, -0.05) is 103 Å². The first kappa shape index (κ1) is 28.9. The van der Waals surface area contributed by atoms with Crippen LogP contribution < -0.4 is 0 Å². The van der Waals surface area contributed by atoms with Crippen molar-refractivity contribution >= 4 is 11.8 Å². The molecule has 3 heteroatoms. The maximum atomic E-state index is 11.9. The van der Waals surface area contributed by atoms with Gasteiger partial charge in [-0.05, 0) is 32.1 Å². The van der Waals surface area contributed by atoms with Crippen LogP contribution in [0.5, 0.6) is 0 Å². The molecule has 0 N–H and O–H groups in total. The van der Waals surface area contributed by atoms with Crippen LogP contribution in [0.2, 0.25) is 0 Å². The number of unbranched alkanes of at least 4 members (excludes halogenated alkanes) is 15. The summed E-state index contributed by atoms with van der Waals surface area (Å²) in [4.78, 5) is 22.9. The number of ether oxygens (including phenoxy) is 1. The molecule has 3 nitrogen and oxygen atoms in total. The van der Waals surface area contributed by atoms with Crippen LogP contribution in [0.25, 0.3) is 0 Å². The average molecular weight is 423 g/mol. The molecule has 0 saturated carbocycles. The second-order valence-corrected chi connectivity index (χ2v) is 8.72. The van der Waals surface area contributed by atoms with Crippen molar-refractivity contribution < 1.29 is 14.3 Å². The van der Waals surface area contributed by atoms with E-state index < -0.39 is 0 Å². The quantitative estimate of drug-likeness (QED) is 0.0941. The first-order valence-electron chi connectivity index (χ1n) is 12.9. The van der Waals surface area contributed by atoms with Gasteiger partial charge < -0.3 is 4.74 Å². The lowest BCUT2D eigenvalue weighted by Crippen LogP contribution is -1.99. The van der Waals surface area contributed by atoms with Crippen LogP contribution in [0.4, 0.5) is 0 Å². The molecule has 0 atom stereocenters. The lowest BCUT2D eigenvalue weighted by molar-refractivity contribution is -0.140. The van der Waals surface area contributed by atoms with Crippen molar-refractivity contribution in [3.8, 4) is 0 Å². The highest BCUT2D eigenvalue weighted by Gasteiger charge is 2.01. The number of hydrogen-bond acceptors (Lipinski definition) is 3. The molecule has 0 aliphatic rings. The molecule has 0 unspecified atom stereocenters. The van der Waals surface area contributed by atoms with Gasteiger partial charge in [0.15, 0.2) is 0 Å². The lowest BCUT2D eigenvalue weighted by Gasteiger charge is -2.03. The Kier molecular flexibility index (Phi) is 23.3. The monoisotopic (exact) mass is 422 g/mol. The molecule has 0 bridgehead atoms. The van der Waals surface area contributed by atoms with Gasteiger partial charge in [-0.3, -0.25) is 9.59 Å². The van der Waals surface area contributed by atoms with E-state index in [4.69, 9.17) is 0 Å². The van der Waals surface area contributed by atoms with E-state index in [-0.39, 0.29) is 5.97 Å². The lowest BCUT2D eigenvalue weighted by atomic mass is 10.0. The standard InChI is InChI=1S/C27H50O3/c1-3-4-5-6-14-17-20-23-26(28)24-21-18-15-12-10-8-7-9-11-13-16-19-22-25-27(29)30-2/h14,17H,3-13,15-16,18-25H2,1-2H3/b17-14-. The van der Waals surface area contributed by atoms with Gasteiger partial charge in [-0.2, -0.15) is 0 Å². The predicted octanol–water partition coefficient (Wildman–Crippen LogP) is 8.50. The molecule has 0 fully saturated rings. The zero-order chi connectivity index (χ0) is 22.1. The minimum atomic E-state index is -0.0810. The fraction of sp³-hybridized carbons (Fsp3) is 0.852. The van der Waals surface area contributed by atoms with Gasteiger partial charge in [-0.15, -0.1) is 0 Å². The zero-order valence-electron chi connectivity index (χ0n) is 20.2. The Bertz CT molecular complexity index is 414. The molecule has 0 radical (unpaired) electrons. The third-order valence-corrected chi connectivity index (χ3v) is 5.80. The molecule has 0 aromatic rings. The number of methoxy groups -OCH3 is 1. The third kappa shape index (κ3) is 23.2. The van der Waals surface area contributed by atoms with Crippen LogP contribution in [-0.4, -0.2) is 18.9 Å². The molecule has 0 aliphatic heterocycles. The summed E-state index contributed by atoms with van der Waals surface area (Å²) < 4.78 is 4.65. The number of carbonyl (C=O) groups is 2. The third-order valence-electron chi connectivity index (χ3n) is 5.80. The van der Waals surface area contributed by atoms with E-state index in [9.17, 15) is 9.59 Å². The number of rotatable bonds is 23. The number of carbonyl (C=O) groups excluding carboxylic acids is 2. The number of hydrogen-bond donors (Lipinski definition) is 0. The molecule has 0 spiro atoms. The van der Waals surface area contributed by atoms with Gasteiger partial charge in [0.2, 0.25) is 0 Å². The number of ketones is 1. The predicted molar refractivity (Wildman–Crippen MR) is 129 cm³/mol. The van der Waals surface area contributed by atoms with E-state index in [0.29, 0.717) is 12.2 Å². The van der Waals surface area contributed by atoms with Crippen molar-refractivity contribution in [1.29, 1.82) is 0 Å². The Morgan fingerprint density at radius 1 is 0.567 bits per heavy atom. The van der Waals surface area contributed by atoms with Crippen molar-refractivity contribution in [2.75, 3.05) is 7.11 Å². The maximum absolute atomic E-state index is 11.9. The van der Waals surface area contributed by atoms with E-state index >= 15 is 0 Å².